The van der Waals surface area contributed by atoms with Gasteiger partial charge in [-0.15, -0.1) is 0 Å². The van der Waals surface area contributed by atoms with Crippen LogP contribution in [0, 0.1) is 5.92 Å². The van der Waals surface area contributed by atoms with Crippen LogP contribution in [0.5, 0.6) is 0 Å². The van der Waals surface area contributed by atoms with Crippen molar-refractivity contribution in [2.45, 2.75) is 18.6 Å². The molecule has 0 bridgehead atoms. The van der Waals surface area contributed by atoms with E-state index in [1.807, 2.05) is 66.9 Å². The van der Waals surface area contributed by atoms with Gasteiger partial charge in [0.05, 0.1) is 17.5 Å². The first-order chi connectivity index (χ1) is 17.1. The zero-order valence-electron chi connectivity index (χ0n) is 19.6. The molecule has 4 aromatic rings. The molecule has 7 nitrogen and oxygen atoms in total. The van der Waals surface area contributed by atoms with E-state index >= 15 is 0 Å². The fourth-order valence-corrected chi connectivity index (χ4v) is 5.63. The lowest BCUT2D eigenvalue weighted by molar-refractivity contribution is -0.116. The van der Waals surface area contributed by atoms with E-state index in [0.717, 1.165) is 34.5 Å². The molecule has 0 radical (unpaired) electrons. The van der Waals surface area contributed by atoms with Crippen molar-refractivity contribution in [1.82, 2.24) is 19.9 Å². The number of aliphatic hydroxyl groups excluding tert-OH is 1. The summed E-state index contributed by atoms with van der Waals surface area (Å²) in [5.41, 5.74) is 4.35. The Balaban J connectivity index is 1.38. The van der Waals surface area contributed by atoms with Crippen molar-refractivity contribution in [2.24, 2.45) is 5.92 Å². The Kier molecular flexibility index (Phi) is 7.13. The largest absolute Gasteiger partial charge is 0.391 e. The van der Waals surface area contributed by atoms with Gasteiger partial charge in [0, 0.05) is 37.3 Å². The number of rotatable bonds is 8. The summed E-state index contributed by atoms with van der Waals surface area (Å²) in [5.74, 6) is 1.09. The number of anilines is 1. The maximum Gasteiger partial charge on any atom is 0.237 e. The molecule has 3 heterocycles. The molecule has 2 aromatic carbocycles. The van der Waals surface area contributed by atoms with E-state index in [0.29, 0.717) is 24.4 Å². The fraction of sp³-hybridized carbons (Fsp3) is 0.296. The number of thioether (sulfide) groups is 1. The lowest BCUT2D eigenvalue weighted by Gasteiger charge is -2.18. The zero-order chi connectivity index (χ0) is 24.2. The average molecular weight is 488 g/mol. The predicted octanol–water partition coefficient (Wildman–Crippen LogP) is 3.88. The number of carbonyl (C=O) groups is 1. The lowest BCUT2D eigenvalue weighted by Crippen LogP contribution is -2.23. The number of amides is 1. The molecular formula is C27H29N5O2S. The van der Waals surface area contributed by atoms with Gasteiger partial charge in [0.25, 0.3) is 0 Å². The van der Waals surface area contributed by atoms with E-state index in [4.69, 9.17) is 0 Å². The molecule has 180 valence electrons. The number of H-pyrrole nitrogens is 1. The van der Waals surface area contributed by atoms with Gasteiger partial charge in [-0.25, -0.2) is 9.97 Å². The van der Waals surface area contributed by atoms with Crippen molar-refractivity contribution in [3.63, 3.8) is 0 Å². The first kappa shape index (κ1) is 23.5. The van der Waals surface area contributed by atoms with Crippen LogP contribution >= 0.6 is 11.8 Å². The Hall–Kier alpha value is -3.20. The number of benzene rings is 2. The van der Waals surface area contributed by atoms with Crippen molar-refractivity contribution >= 4 is 34.5 Å². The minimum absolute atomic E-state index is 0.152. The molecule has 2 aromatic heterocycles. The number of nitrogens with one attached hydrogen (secondary N) is 2. The third-order valence-corrected chi connectivity index (χ3v) is 7.33. The molecule has 0 spiro atoms. The summed E-state index contributed by atoms with van der Waals surface area (Å²) in [6.45, 7) is 2.20. The molecule has 0 unspecified atom stereocenters. The topological polar surface area (TPSA) is 94.1 Å². The molecule has 1 aliphatic heterocycles. The fourth-order valence-electron chi connectivity index (χ4n) is 4.87. The number of β-amino-alcohol motifs (C(OH)–C–C–N with tert-alkyl or cyclic N) is 1. The first-order valence-corrected chi connectivity index (χ1v) is 13.1. The van der Waals surface area contributed by atoms with E-state index in [1.165, 1.54) is 6.33 Å². The van der Waals surface area contributed by atoms with Crippen molar-refractivity contribution in [2.75, 3.05) is 30.4 Å². The summed E-state index contributed by atoms with van der Waals surface area (Å²) in [6.07, 6.45) is 5.19. The number of nitrogens with zero attached hydrogens (tertiary/aromatic N) is 3. The van der Waals surface area contributed by atoms with Crippen LogP contribution in [-0.2, 0) is 11.3 Å². The third kappa shape index (κ3) is 5.10. The molecule has 0 aliphatic carbocycles. The quantitative estimate of drug-likeness (QED) is 0.349. The molecule has 2 atom stereocenters. The van der Waals surface area contributed by atoms with Crippen LogP contribution in [0.1, 0.15) is 22.6 Å². The van der Waals surface area contributed by atoms with E-state index in [9.17, 15) is 9.90 Å². The minimum atomic E-state index is -0.462. The number of aromatic nitrogens is 3. The number of hydrogen-bond donors (Lipinski definition) is 3. The van der Waals surface area contributed by atoms with Crippen LogP contribution in [0.25, 0.3) is 11.0 Å². The van der Waals surface area contributed by atoms with Crippen LogP contribution in [0.15, 0.2) is 73.2 Å². The van der Waals surface area contributed by atoms with Crippen LogP contribution in [0.2, 0.25) is 0 Å². The van der Waals surface area contributed by atoms with E-state index in [-0.39, 0.29) is 17.9 Å². The molecule has 1 aliphatic rings. The summed E-state index contributed by atoms with van der Waals surface area (Å²) < 4.78 is 0. The summed E-state index contributed by atoms with van der Waals surface area (Å²) >= 11 is 1.77. The van der Waals surface area contributed by atoms with Gasteiger partial charge in [-0.05, 0) is 23.1 Å². The number of carbonyl (C=O) groups excluding carboxylic acids is 1. The summed E-state index contributed by atoms with van der Waals surface area (Å²) in [6, 6.07) is 19.5. The maximum atomic E-state index is 13.6. The summed E-state index contributed by atoms with van der Waals surface area (Å²) in [4.78, 5) is 28.0. The molecule has 8 heteroatoms. The van der Waals surface area contributed by atoms with Gasteiger partial charge in [-0.3, -0.25) is 9.69 Å². The number of hydrogen-bond acceptors (Lipinski definition) is 6. The number of fused-ring (bicyclic) bond motifs is 1. The van der Waals surface area contributed by atoms with E-state index in [1.54, 1.807) is 11.8 Å². The first-order valence-electron chi connectivity index (χ1n) is 11.7. The van der Waals surface area contributed by atoms with Gasteiger partial charge in [-0.1, -0.05) is 60.7 Å². The Labute approximate surface area is 209 Å². The highest BCUT2D eigenvalue weighted by Crippen LogP contribution is 2.29. The van der Waals surface area contributed by atoms with Crippen LogP contribution < -0.4 is 5.32 Å². The minimum Gasteiger partial charge on any atom is -0.391 e. The third-order valence-electron chi connectivity index (χ3n) is 6.57. The summed E-state index contributed by atoms with van der Waals surface area (Å²) in [5, 5.41) is 13.4. The van der Waals surface area contributed by atoms with Crippen LogP contribution in [-0.4, -0.2) is 62.1 Å². The summed E-state index contributed by atoms with van der Waals surface area (Å²) in [7, 11) is 0. The second-order valence-electron chi connectivity index (χ2n) is 8.98. The Bertz CT molecular complexity index is 1240. The van der Waals surface area contributed by atoms with Gasteiger partial charge in [-0.2, -0.15) is 11.8 Å². The highest BCUT2D eigenvalue weighted by Gasteiger charge is 2.31. The average Bonchev–Trinajstić information content (AvgIpc) is 3.44. The SMILES string of the molecule is CSC[C@H]1CN(Cc2c[nH]c3c(NC(=O)C(c4ccccc4)c4ccccc4)ncnc23)C[C@H]1O. The second-order valence-corrected chi connectivity index (χ2v) is 9.89. The van der Waals surface area contributed by atoms with Gasteiger partial charge < -0.3 is 15.4 Å². The smallest absolute Gasteiger partial charge is 0.237 e. The zero-order valence-corrected chi connectivity index (χ0v) is 20.4. The molecule has 5 rings (SSSR count). The monoisotopic (exact) mass is 487 g/mol. The molecule has 1 saturated heterocycles. The normalized spacial score (nSPS) is 18.4. The number of likely N-dealkylation sites (tertiary alicyclic amines) is 1. The molecular weight excluding hydrogens is 458 g/mol. The molecule has 3 N–H and O–H groups in total. The number of aromatic amines is 1. The van der Waals surface area contributed by atoms with Crippen LogP contribution in [0.3, 0.4) is 0 Å². The van der Waals surface area contributed by atoms with Gasteiger partial charge in [0.1, 0.15) is 11.8 Å². The van der Waals surface area contributed by atoms with Crippen molar-refractivity contribution in [3.05, 3.63) is 89.9 Å². The molecule has 35 heavy (non-hydrogen) atoms. The Morgan fingerprint density at radius 2 is 1.80 bits per heavy atom. The Morgan fingerprint density at radius 3 is 2.46 bits per heavy atom. The highest BCUT2D eigenvalue weighted by atomic mass is 32.2. The van der Waals surface area contributed by atoms with E-state index in [2.05, 4.69) is 31.4 Å². The highest BCUT2D eigenvalue weighted by molar-refractivity contribution is 7.98. The van der Waals surface area contributed by atoms with Crippen molar-refractivity contribution < 1.29 is 9.90 Å². The maximum absolute atomic E-state index is 13.6. The van der Waals surface area contributed by atoms with Crippen LogP contribution in [0.4, 0.5) is 5.82 Å². The lowest BCUT2D eigenvalue weighted by atomic mass is 9.90. The van der Waals surface area contributed by atoms with Gasteiger partial charge in [0.2, 0.25) is 5.91 Å². The van der Waals surface area contributed by atoms with Crippen molar-refractivity contribution in [3.8, 4) is 0 Å². The predicted molar refractivity (Wildman–Crippen MR) is 140 cm³/mol. The van der Waals surface area contributed by atoms with Gasteiger partial charge >= 0.3 is 0 Å². The molecule has 1 amide bonds. The molecule has 0 saturated carbocycles. The van der Waals surface area contributed by atoms with E-state index < -0.39 is 5.92 Å². The number of aliphatic hydroxyl groups is 1. The standard InChI is InChI=1S/C27H29N5O2S/c1-35-16-21-14-32(15-22(21)33)13-20-12-28-25-24(20)29-17-30-26(25)31-27(34)23(18-8-4-2-5-9-18)19-10-6-3-7-11-19/h2-12,17,21-23,28,33H,13-16H2,1H3,(H,29,30,31,34)/t21-,22-/m1/s1. The molecule has 1 fully saturated rings. The van der Waals surface area contributed by atoms with Gasteiger partial charge in [0.15, 0.2) is 5.82 Å². The Morgan fingerprint density at radius 1 is 1.11 bits per heavy atom. The second kappa shape index (κ2) is 10.6. The van der Waals surface area contributed by atoms with Crippen molar-refractivity contribution in [1.29, 1.82) is 0 Å².